The van der Waals surface area contributed by atoms with Gasteiger partial charge >= 0.3 is 6.18 Å². The molecule has 0 aliphatic carbocycles. The van der Waals surface area contributed by atoms with Crippen molar-refractivity contribution in [2.75, 3.05) is 29.4 Å². The van der Waals surface area contributed by atoms with E-state index in [9.17, 15) is 13.2 Å². The molecule has 0 saturated carbocycles. The molecule has 0 radical (unpaired) electrons. The highest BCUT2D eigenvalue weighted by Crippen LogP contribution is 2.30. The number of hydrogen-bond donors (Lipinski definition) is 2. The Morgan fingerprint density at radius 1 is 1.45 bits per heavy atom. The summed E-state index contributed by atoms with van der Waals surface area (Å²) in [6.07, 6.45) is -1.79. The van der Waals surface area contributed by atoms with Crippen LogP contribution in [0.4, 0.5) is 24.9 Å². The van der Waals surface area contributed by atoms with Crippen LogP contribution in [0.2, 0.25) is 0 Å². The molecule has 1 atom stereocenters. The number of nitrogens with two attached hydrogens (primary N) is 1. The van der Waals surface area contributed by atoms with Crippen LogP contribution in [0.25, 0.3) is 0 Å². The molecular weight excluding hydrogens is 291 g/mol. The Kier molecular flexibility index (Phi) is 5.88. The van der Waals surface area contributed by atoms with Crippen molar-refractivity contribution in [1.82, 2.24) is 9.97 Å². The number of hydrazine groups is 1. The van der Waals surface area contributed by atoms with Crippen LogP contribution in [0.1, 0.15) is 19.0 Å². The van der Waals surface area contributed by atoms with Gasteiger partial charge in [0.1, 0.15) is 5.82 Å². The molecule has 114 valence electrons. The Balaban J connectivity index is 3.16. The molecule has 1 rings (SSSR count). The molecule has 0 fully saturated rings. The number of halogens is 3. The monoisotopic (exact) mass is 309 g/mol. The average Bonchev–Trinajstić information content (AvgIpc) is 2.42. The topological polar surface area (TPSA) is 67.1 Å². The molecule has 3 N–H and O–H groups in total. The van der Waals surface area contributed by atoms with E-state index < -0.39 is 11.9 Å². The summed E-state index contributed by atoms with van der Waals surface area (Å²) < 4.78 is 38.4. The van der Waals surface area contributed by atoms with Gasteiger partial charge in [-0.3, -0.25) is 5.43 Å². The molecule has 1 aromatic rings. The number of thioether (sulfide) groups is 1. The van der Waals surface area contributed by atoms with Crippen molar-refractivity contribution in [2.24, 2.45) is 5.84 Å². The third-order valence-electron chi connectivity index (χ3n) is 2.87. The normalized spacial score (nSPS) is 13.2. The van der Waals surface area contributed by atoms with E-state index >= 15 is 0 Å². The van der Waals surface area contributed by atoms with Crippen LogP contribution < -0.4 is 16.2 Å². The minimum atomic E-state index is -4.54. The lowest BCUT2D eigenvalue weighted by atomic mass is 10.2. The highest BCUT2D eigenvalue weighted by Gasteiger charge is 2.34. The highest BCUT2D eigenvalue weighted by atomic mass is 32.2. The Labute approximate surface area is 120 Å². The lowest BCUT2D eigenvalue weighted by Gasteiger charge is -2.28. The maximum absolute atomic E-state index is 12.8. The van der Waals surface area contributed by atoms with Gasteiger partial charge in [0.15, 0.2) is 5.69 Å². The number of nitrogen functional groups attached to an aromatic ring is 1. The van der Waals surface area contributed by atoms with Crippen molar-refractivity contribution in [3.8, 4) is 0 Å². The summed E-state index contributed by atoms with van der Waals surface area (Å²) in [6, 6.07) is 1.02. The Bertz CT molecular complexity index is 441. The van der Waals surface area contributed by atoms with E-state index in [4.69, 9.17) is 5.84 Å². The van der Waals surface area contributed by atoms with Gasteiger partial charge in [-0.2, -0.15) is 29.9 Å². The van der Waals surface area contributed by atoms with Gasteiger partial charge in [0.2, 0.25) is 5.95 Å². The van der Waals surface area contributed by atoms with Gasteiger partial charge in [0, 0.05) is 24.9 Å². The molecule has 20 heavy (non-hydrogen) atoms. The Morgan fingerprint density at radius 2 is 2.10 bits per heavy atom. The van der Waals surface area contributed by atoms with E-state index in [0.29, 0.717) is 0 Å². The molecule has 1 heterocycles. The van der Waals surface area contributed by atoms with Crippen molar-refractivity contribution in [3.63, 3.8) is 0 Å². The lowest BCUT2D eigenvalue weighted by Crippen LogP contribution is -2.34. The molecule has 0 aliphatic heterocycles. The summed E-state index contributed by atoms with van der Waals surface area (Å²) in [6.45, 7) is 1.98. The number of nitrogens with zero attached hydrogens (tertiary/aromatic N) is 3. The van der Waals surface area contributed by atoms with Crippen LogP contribution in [0.15, 0.2) is 6.07 Å². The Morgan fingerprint density at radius 3 is 2.55 bits per heavy atom. The molecule has 0 aliphatic rings. The number of nitrogens with one attached hydrogen (secondary N) is 1. The summed E-state index contributed by atoms with van der Waals surface area (Å²) in [5.41, 5.74) is 1.06. The highest BCUT2D eigenvalue weighted by molar-refractivity contribution is 7.98. The summed E-state index contributed by atoms with van der Waals surface area (Å²) in [7, 11) is 1.72. The molecule has 0 spiro atoms. The molecule has 1 unspecified atom stereocenters. The molecule has 0 bridgehead atoms. The minimum Gasteiger partial charge on any atom is -0.356 e. The van der Waals surface area contributed by atoms with E-state index in [1.165, 1.54) is 0 Å². The molecule has 5 nitrogen and oxygen atoms in total. The zero-order chi connectivity index (χ0) is 15.3. The smallest absolute Gasteiger partial charge is 0.356 e. The van der Waals surface area contributed by atoms with Crippen molar-refractivity contribution in [1.29, 1.82) is 0 Å². The minimum absolute atomic E-state index is 0.0895. The van der Waals surface area contributed by atoms with Crippen molar-refractivity contribution < 1.29 is 13.2 Å². The maximum Gasteiger partial charge on any atom is 0.433 e. The van der Waals surface area contributed by atoms with E-state index in [2.05, 4.69) is 15.4 Å². The van der Waals surface area contributed by atoms with Crippen LogP contribution in [-0.4, -0.2) is 35.1 Å². The average molecular weight is 309 g/mol. The van der Waals surface area contributed by atoms with Crippen LogP contribution in [-0.2, 0) is 6.18 Å². The zero-order valence-electron chi connectivity index (χ0n) is 11.5. The van der Waals surface area contributed by atoms with E-state index in [1.54, 1.807) is 23.7 Å². The summed E-state index contributed by atoms with van der Waals surface area (Å²) >= 11 is 1.63. The standard InChI is InChI=1S/C11H18F3N5S/c1-4-7(6-20-3)19(2)9-5-8(11(12,13)14)16-10(17-9)18-15/h5,7H,4,6,15H2,1-3H3,(H,16,17,18). The molecular formula is C11H18F3N5S. The predicted molar refractivity (Wildman–Crippen MR) is 75.7 cm³/mol. The van der Waals surface area contributed by atoms with Gasteiger partial charge in [-0.25, -0.2) is 10.8 Å². The molecule has 0 saturated heterocycles. The van der Waals surface area contributed by atoms with Crippen LogP contribution >= 0.6 is 11.8 Å². The van der Waals surface area contributed by atoms with E-state index in [0.717, 1.165) is 18.2 Å². The number of anilines is 2. The zero-order valence-corrected chi connectivity index (χ0v) is 12.3. The van der Waals surface area contributed by atoms with Crippen molar-refractivity contribution in [2.45, 2.75) is 25.6 Å². The van der Waals surface area contributed by atoms with Gasteiger partial charge in [0.25, 0.3) is 0 Å². The number of rotatable bonds is 6. The third-order valence-corrected chi connectivity index (χ3v) is 3.59. The Hall–Kier alpha value is -1.22. The molecule has 0 amide bonds. The largest absolute Gasteiger partial charge is 0.433 e. The fourth-order valence-electron chi connectivity index (χ4n) is 1.71. The SMILES string of the molecule is CCC(CSC)N(C)c1cc(C(F)(F)F)nc(NN)n1. The molecule has 0 aromatic carbocycles. The van der Waals surface area contributed by atoms with Crippen LogP contribution in [0.5, 0.6) is 0 Å². The second-order valence-corrected chi connectivity index (χ2v) is 5.12. The molecule has 1 aromatic heterocycles. The summed E-state index contributed by atoms with van der Waals surface area (Å²) in [5.74, 6) is 5.87. The fraction of sp³-hybridized carbons (Fsp3) is 0.636. The van der Waals surface area contributed by atoms with Crippen molar-refractivity contribution >= 4 is 23.5 Å². The summed E-state index contributed by atoms with van der Waals surface area (Å²) in [5, 5.41) is 0. The van der Waals surface area contributed by atoms with Crippen LogP contribution in [0.3, 0.4) is 0 Å². The fourth-order valence-corrected chi connectivity index (χ4v) is 2.55. The van der Waals surface area contributed by atoms with Gasteiger partial charge in [-0.1, -0.05) is 6.92 Å². The first-order valence-corrected chi connectivity index (χ1v) is 7.37. The maximum atomic E-state index is 12.8. The number of hydrogen-bond acceptors (Lipinski definition) is 6. The van der Waals surface area contributed by atoms with Gasteiger partial charge in [-0.05, 0) is 12.7 Å². The first kappa shape index (κ1) is 16.8. The first-order chi connectivity index (χ1) is 9.33. The predicted octanol–water partition coefficient (Wildman–Crippen LogP) is 2.36. The third kappa shape index (κ3) is 4.14. The number of alkyl halides is 3. The lowest BCUT2D eigenvalue weighted by molar-refractivity contribution is -0.141. The summed E-state index contributed by atoms with van der Waals surface area (Å²) in [4.78, 5) is 9.04. The second kappa shape index (κ2) is 6.98. The van der Waals surface area contributed by atoms with Gasteiger partial charge in [-0.15, -0.1) is 0 Å². The van der Waals surface area contributed by atoms with E-state index in [1.807, 2.05) is 13.2 Å². The second-order valence-electron chi connectivity index (χ2n) is 4.21. The number of aromatic nitrogens is 2. The van der Waals surface area contributed by atoms with Crippen LogP contribution in [0, 0.1) is 0 Å². The van der Waals surface area contributed by atoms with Gasteiger partial charge < -0.3 is 4.90 Å². The van der Waals surface area contributed by atoms with Gasteiger partial charge in [0.05, 0.1) is 0 Å². The quantitative estimate of drug-likeness (QED) is 0.621. The molecule has 9 heteroatoms. The van der Waals surface area contributed by atoms with E-state index in [-0.39, 0.29) is 17.8 Å². The first-order valence-electron chi connectivity index (χ1n) is 5.98. The van der Waals surface area contributed by atoms with Crippen molar-refractivity contribution in [3.05, 3.63) is 11.8 Å².